The molecule has 0 amide bonds. The van der Waals surface area contributed by atoms with Crippen molar-refractivity contribution in [3.05, 3.63) is 32.9 Å². The zero-order valence-electron chi connectivity index (χ0n) is 12.8. The fourth-order valence-corrected chi connectivity index (χ4v) is 3.12. The highest BCUT2D eigenvalue weighted by molar-refractivity contribution is 7.09. The van der Waals surface area contributed by atoms with Crippen LogP contribution in [0.3, 0.4) is 0 Å². The molecule has 0 aliphatic heterocycles. The predicted octanol–water partition coefficient (Wildman–Crippen LogP) is 2.87. The largest absolute Gasteiger partial charge is 0.350 e. The molecule has 0 fully saturated rings. The molecule has 5 nitrogen and oxygen atoms in total. The van der Waals surface area contributed by atoms with E-state index < -0.39 is 0 Å². The fraction of sp³-hybridized carbons (Fsp3) is 0.467. The summed E-state index contributed by atoms with van der Waals surface area (Å²) in [5, 5.41) is 21.1. The van der Waals surface area contributed by atoms with Crippen LogP contribution in [0.1, 0.15) is 41.4 Å². The normalized spacial score (nSPS) is 10.4. The molecule has 0 radical (unpaired) electrons. The Balaban J connectivity index is 2.37. The number of aromatic nitrogens is 3. The number of thiazole rings is 1. The van der Waals surface area contributed by atoms with E-state index in [1.54, 1.807) is 11.3 Å². The van der Waals surface area contributed by atoms with Gasteiger partial charge in [-0.05, 0) is 25.3 Å². The van der Waals surface area contributed by atoms with Gasteiger partial charge in [0.25, 0.3) is 0 Å². The summed E-state index contributed by atoms with van der Waals surface area (Å²) >= 11 is 1.62. The standard InChI is InChI=1S/C15H19N5S/c1-5-11-12(7-16)15(19-18-13(11)6-2)20(4)8-14-17-10(3)9-21-14/h9H,5-6,8H2,1-4H3. The Morgan fingerprint density at radius 2 is 2.05 bits per heavy atom. The van der Waals surface area contributed by atoms with Crippen molar-refractivity contribution in [2.24, 2.45) is 0 Å². The molecule has 0 bridgehead atoms. The third-order valence-electron chi connectivity index (χ3n) is 3.34. The molecule has 0 saturated heterocycles. The first-order valence-corrected chi connectivity index (χ1v) is 7.89. The van der Waals surface area contributed by atoms with Crippen LogP contribution in [0.15, 0.2) is 5.38 Å². The summed E-state index contributed by atoms with van der Waals surface area (Å²) in [6.07, 6.45) is 1.58. The smallest absolute Gasteiger partial charge is 0.169 e. The van der Waals surface area contributed by atoms with E-state index in [-0.39, 0.29) is 0 Å². The second-order valence-corrected chi connectivity index (χ2v) is 5.82. The average molecular weight is 301 g/mol. The molecule has 0 saturated carbocycles. The lowest BCUT2D eigenvalue weighted by atomic mass is 10.0. The van der Waals surface area contributed by atoms with Gasteiger partial charge in [0.15, 0.2) is 5.82 Å². The van der Waals surface area contributed by atoms with Crippen molar-refractivity contribution in [3.8, 4) is 6.07 Å². The van der Waals surface area contributed by atoms with Gasteiger partial charge in [0.1, 0.15) is 16.6 Å². The van der Waals surface area contributed by atoms with E-state index in [1.807, 2.05) is 38.1 Å². The fourth-order valence-electron chi connectivity index (χ4n) is 2.30. The van der Waals surface area contributed by atoms with Crippen LogP contribution < -0.4 is 4.90 Å². The summed E-state index contributed by atoms with van der Waals surface area (Å²) in [7, 11) is 1.92. The van der Waals surface area contributed by atoms with E-state index in [9.17, 15) is 5.26 Å². The van der Waals surface area contributed by atoms with Crippen LogP contribution in [-0.2, 0) is 19.4 Å². The molecule has 0 atom stereocenters. The number of nitrogens with zero attached hydrogens (tertiary/aromatic N) is 5. The third-order valence-corrected chi connectivity index (χ3v) is 4.29. The van der Waals surface area contributed by atoms with Gasteiger partial charge in [-0.2, -0.15) is 10.4 Å². The minimum absolute atomic E-state index is 0.635. The maximum atomic E-state index is 9.51. The minimum atomic E-state index is 0.635. The van der Waals surface area contributed by atoms with Crippen molar-refractivity contribution in [1.82, 2.24) is 15.2 Å². The third kappa shape index (κ3) is 3.19. The van der Waals surface area contributed by atoms with Gasteiger partial charge in [0, 0.05) is 18.1 Å². The maximum absolute atomic E-state index is 9.51. The van der Waals surface area contributed by atoms with Crippen LogP contribution in [-0.4, -0.2) is 22.2 Å². The lowest BCUT2D eigenvalue weighted by Crippen LogP contribution is -2.21. The van der Waals surface area contributed by atoms with Crippen molar-refractivity contribution in [1.29, 1.82) is 5.26 Å². The SMILES string of the molecule is CCc1nnc(N(C)Cc2nc(C)cs2)c(C#N)c1CC. The number of anilines is 1. The van der Waals surface area contributed by atoms with Gasteiger partial charge >= 0.3 is 0 Å². The summed E-state index contributed by atoms with van der Waals surface area (Å²) < 4.78 is 0. The Hall–Kier alpha value is -2.00. The van der Waals surface area contributed by atoms with Gasteiger partial charge in [-0.3, -0.25) is 0 Å². The van der Waals surface area contributed by atoms with Gasteiger partial charge in [0.2, 0.25) is 0 Å². The Bertz CT molecular complexity index is 671. The second kappa shape index (κ2) is 6.64. The molecule has 2 heterocycles. The van der Waals surface area contributed by atoms with Gasteiger partial charge in [-0.25, -0.2) is 4.98 Å². The van der Waals surface area contributed by atoms with Gasteiger partial charge in [0.05, 0.1) is 12.2 Å². The molecule has 110 valence electrons. The quantitative estimate of drug-likeness (QED) is 0.849. The molecule has 0 N–H and O–H groups in total. The highest BCUT2D eigenvalue weighted by atomic mass is 32.1. The van der Waals surface area contributed by atoms with Gasteiger partial charge < -0.3 is 4.90 Å². The summed E-state index contributed by atoms with van der Waals surface area (Å²) in [4.78, 5) is 6.40. The molecule has 0 aliphatic carbocycles. The zero-order valence-corrected chi connectivity index (χ0v) is 13.7. The number of nitriles is 1. The van der Waals surface area contributed by atoms with Crippen LogP contribution in [0.4, 0.5) is 5.82 Å². The Kier molecular flexibility index (Phi) is 4.86. The predicted molar refractivity (Wildman–Crippen MR) is 84.5 cm³/mol. The molecule has 2 aromatic heterocycles. The molecule has 6 heteroatoms. The molecule has 0 aromatic carbocycles. The lowest BCUT2D eigenvalue weighted by Gasteiger charge is -2.19. The molecule has 0 unspecified atom stereocenters. The number of hydrogen-bond acceptors (Lipinski definition) is 6. The van der Waals surface area contributed by atoms with Crippen molar-refractivity contribution in [2.75, 3.05) is 11.9 Å². The number of hydrogen-bond donors (Lipinski definition) is 0. The Labute approximate surface area is 129 Å². The van der Waals surface area contributed by atoms with Crippen LogP contribution in [0.2, 0.25) is 0 Å². The molecule has 0 aliphatic rings. The highest BCUT2D eigenvalue weighted by Crippen LogP contribution is 2.24. The number of aryl methyl sites for hydroxylation is 2. The Morgan fingerprint density at radius 3 is 2.57 bits per heavy atom. The molecule has 2 rings (SSSR count). The monoisotopic (exact) mass is 301 g/mol. The Morgan fingerprint density at radius 1 is 1.29 bits per heavy atom. The molecule has 0 spiro atoms. The van der Waals surface area contributed by atoms with Crippen molar-refractivity contribution < 1.29 is 0 Å². The first-order valence-electron chi connectivity index (χ1n) is 7.01. The van der Waals surface area contributed by atoms with E-state index in [0.717, 1.165) is 34.8 Å². The van der Waals surface area contributed by atoms with Gasteiger partial charge in [-0.1, -0.05) is 13.8 Å². The van der Waals surface area contributed by atoms with Crippen LogP contribution >= 0.6 is 11.3 Å². The van der Waals surface area contributed by atoms with Crippen molar-refractivity contribution in [3.63, 3.8) is 0 Å². The van der Waals surface area contributed by atoms with E-state index in [2.05, 4.69) is 21.3 Å². The van der Waals surface area contributed by atoms with Crippen molar-refractivity contribution >= 4 is 17.2 Å². The minimum Gasteiger partial charge on any atom is -0.350 e. The van der Waals surface area contributed by atoms with Crippen LogP contribution in [0, 0.1) is 18.3 Å². The molecular weight excluding hydrogens is 282 g/mol. The molecular formula is C15H19N5S. The van der Waals surface area contributed by atoms with E-state index >= 15 is 0 Å². The molecule has 2 aromatic rings. The van der Waals surface area contributed by atoms with E-state index in [1.165, 1.54) is 0 Å². The summed E-state index contributed by atoms with van der Waals surface area (Å²) in [6, 6.07) is 2.30. The van der Waals surface area contributed by atoms with E-state index in [4.69, 9.17) is 0 Å². The van der Waals surface area contributed by atoms with Crippen LogP contribution in [0.25, 0.3) is 0 Å². The summed E-state index contributed by atoms with van der Waals surface area (Å²) in [5.74, 6) is 0.638. The first kappa shape index (κ1) is 15.4. The average Bonchev–Trinajstić information content (AvgIpc) is 2.90. The van der Waals surface area contributed by atoms with Crippen molar-refractivity contribution in [2.45, 2.75) is 40.2 Å². The van der Waals surface area contributed by atoms with Crippen LogP contribution in [0.5, 0.6) is 0 Å². The highest BCUT2D eigenvalue weighted by Gasteiger charge is 2.18. The van der Waals surface area contributed by atoms with E-state index in [0.29, 0.717) is 17.9 Å². The lowest BCUT2D eigenvalue weighted by molar-refractivity contribution is 0.815. The number of rotatable bonds is 5. The summed E-state index contributed by atoms with van der Waals surface area (Å²) in [5.41, 5.74) is 3.58. The zero-order chi connectivity index (χ0) is 15.4. The maximum Gasteiger partial charge on any atom is 0.169 e. The van der Waals surface area contributed by atoms with Gasteiger partial charge in [-0.15, -0.1) is 16.4 Å². The molecule has 21 heavy (non-hydrogen) atoms. The topological polar surface area (TPSA) is 65.7 Å². The summed E-state index contributed by atoms with van der Waals surface area (Å²) in [6.45, 7) is 6.69. The first-order chi connectivity index (χ1) is 10.1. The second-order valence-electron chi connectivity index (χ2n) is 4.88.